The Morgan fingerprint density at radius 3 is 2.68 bits per heavy atom. The Bertz CT molecular complexity index is 969. The van der Waals surface area contributed by atoms with Gasteiger partial charge in [-0.2, -0.15) is 0 Å². The highest BCUT2D eigenvalue weighted by atomic mass is 35.5. The molecule has 2 N–H and O–H groups in total. The number of rotatable bonds is 4. The second-order valence-corrected chi connectivity index (χ2v) is 8.39. The first-order valence-corrected chi connectivity index (χ1v) is 10.2. The molecule has 1 unspecified atom stereocenters. The molecular weight excluding hydrogens is 405 g/mol. The van der Waals surface area contributed by atoms with Crippen LogP contribution in [0.3, 0.4) is 0 Å². The molecule has 0 aliphatic carbocycles. The lowest BCUT2D eigenvalue weighted by atomic mass is 10.1. The van der Waals surface area contributed by atoms with E-state index in [-0.39, 0.29) is 34.9 Å². The van der Waals surface area contributed by atoms with E-state index in [1.54, 1.807) is 30.0 Å². The molecule has 1 atom stereocenters. The van der Waals surface area contributed by atoms with Crippen LogP contribution in [0.15, 0.2) is 47.4 Å². The largest absolute Gasteiger partial charge is 0.336 e. The van der Waals surface area contributed by atoms with E-state index < -0.39 is 15.8 Å². The number of nitrogens with one attached hydrogen (secondary N) is 2. The van der Waals surface area contributed by atoms with Crippen LogP contribution in [0.5, 0.6) is 0 Å². The van der Waals surface area contributed by atoms with Crippen LogP contribution in [0.2, 0.25) is 0 Å². The van der Waals surface area contributed by atoms with Gasteiger partial charge in [0.05, 0.1) is 4.90 Å². The van der Waals surface area contributed by atoms with Crippen molar-refractivity contribution in [2.24, 2.45) is 0 Å². The number of aryl methyl sites for hydroxylation is 1. The van der Waals surface area contributed by atoms with E-state index in [0.29, 0.717) is 24.2 Å². The summed E-state index contributed by atoms with van der Waals surface area (Å²) in [6, 6.07) is 10.3. The van der Waals surface area contributed by atoms with Gasteiger partial charge < -0.3 is 10.2 Å². The number of nitrogens with zero attached hydrogens (tertiary/aromatic N) is 1. The van der Waals surface area contributed by atoms with Crippen LogP contribution in [0.25, 0.3) is 0 Å². The maximum absolute atomic E-state index is 13.7. The maximum Gasteiger partial charge on any atom is 0.261 e. The SMILES string of the molecule is Cc1ccc(S(=O)(=O)Nc2cccc(C(=O)N3CCNC(C)C3)c2)cc1F.Cl. The van der Waals surface area contributed by atoms with Crippen molar-refractivity contribution in [3.63, 3.8) is 0 Å². The average Bonchev–Trinajstić information content (AvgIpc) is 2.63. The summed E-state index contributed by atoms with van der Waals surface area (Å²) in [5.74, 6) is -0.736. The minimum atomic E-state index is -3.95. The van der Waals surface area contributed by atoms with Gasteiger partial charge in [0.15, 0.2) is 0 Å². The van der Waals surface area contributed by atoms with E-state index >= 15 is 0 Å². The normalized spacial score (nSPS) is 17.0. The molecule has 2 aromatic rings. The Hall–Kier alpha value is -2.16. The lowest BCUT2D eigenvalue weighted by Gasteiger charge is -2.32. The molecule has 9 heteroatoms. The summed E-state index contributed by atoms with van der Waals surface area (Å²) in [6.07, 6.45) is 0. The van der Waals surface area contributed by atoms with Gasteiger partial charge in [0, 0.05) is 36.9 Å². The van der Waals surface area contributed by atoms with Gasteiger partial charge in [-0.05, 0) is 49.7 Å². The Morgan fingerprint density at radius 1 is 1.25 bits per heavy atom. The molecule has 0 bridgehead atoms. The number of amides is 1. The first kappa shape index (κ1) is 22.1. The molecule has 1 saturated heterocycles. The van der Waals surface area contributed by atoms with Crippen molar-refractivity contribution in [3.05, 3.63) is 59.4 Å². The van der Waals surface area contributed by atoms with Crippen molar-refractivity contribution < 1.29 is 17.6 Å². The number of carbonyl (C=O) groups is 1. The quantitative estimate of drug-likeness (QED) is 0.786. The molecule has 0 radical (unpaired) electrons. The minimum Gasteiger partial charge on any atom is -0.336 e. The van der Waals surface area contributed by atoms with Gasteiger partial charge in [0.1, 0.15) is 5.82 Å². The summed E-state index contributed by atoms with van der Waals surface area (Å²) < 4.78 is 41.1. The zero-order valence-corrected chi connectivity index (χ0v) is 17.2. The monoisotopic (exact) mass is 427 g/mol. The molecule has 0 spiro atoms. The van der Waals surface area contributed by atoms with Crippen LogP contribution < -0.4 is 10.0 Å². The summed E-state index contributed by atoms with van der Waals surface area (Å²) in [5, 5.41) is 3.27. The first-order chi connectivity index (χ1) is 12.8. The van der Waals surface area contributed by atoms with Crippen LogP contribution >= 0.6 is 12.4 Å². The van der Waals surface area contributed by atoms with Crippen molar-refractivity contribution in [1.29, 1.82) is 0 Å². The predicted octanol–water partition coefficient (Wildman–Crippen LogP) is 2.79. The molecule has 6 nitrogen and oxygen atoms in total. The van der Waals surface area contributed by atoms with E-state index in [2.05, 4.69) is 10.0 Å². The third-order valence-electron chi connectivity index (χ3n) is 4.47. The molecule has 28 heavy (non-hydrogen) atoms. The molecule has 3 rings (SSSR count). The van der Waals surface area contributed by atoms with Gasteiger partial charge in [-0.25, -0.2) is 12.8 Å². The number of hydrogen-bond acceptors (Lipinski definition) is 4. The van der Waals surface area contributed by atoms with Crippen LogP contribution in [0.1, 0.15) is 22.8 Å². The second-order valence-electron chi connectivity index (χ2n) is 6.70. The fourth-order valence-electron chi connectivity index (χ4n) is 2.97. The maximum atomic E-state index is 13.7. The van der Waals surface area contributed by atoms with Crippen LogP contribution in [-0.4, -0.2) is 44.9 Å². The summed E-state index contributed by atoms with van der Waals surface area (Å²) in [4.78, 5) is 14.3. The van der Waals surface area contributed by atoms with Crippen molar-refractivity contribution in [3.8, 4) is 0 Å². The summed E-state index contributed by atoms with van der Waals surface area (Å²) in [6.45, 7) is 5.48. The van der Waals surface area contributed by atoms with Crippen molar-refractivity contribution in [2.75, 3.05) is 24.4 Å². The average molecular weight is 428 g/mol. The molecular formula is C19H23ClFN3O3S. The van der Waals surface area contributed by atoms with Crippen molar-refractivity contribution in [2.45, 2.75) is 24.8 Å². The number of hydrogen-bond donors (Lipinski definition) is 2. The molecule has 1 heterocycles. The Morgan fingerprint density at radius 2 is 2.00 bits per heavy atom. The molecule has 1 aliphatic rings. The predicted molar refractivity (Wildman–Crippen MR) is 109 cm³/mol. The highest BCUT2D eigenvalue weighted by molar-refractivity contribution is 7.92. The molecule has 2 aromatic carbocycles. The van der Waals surface area contributed by atoms with Gasteiger partial charge in [-0.15, -0.1) is 12.4 Å². The van der Waals surface area contributed by atoms with E-state index in [1.165, 1.54) is 18.2 Å². The Labute approximate surface area is 170 Å². The number of sulfonamides is 1. The fraction of sp³-hybridized carbons (Fsp3) is 0.316. The van der Waals surface area contributed by atoms with Crippen LogP contribution in [-0.2, 0) is 10.0 Å². The molecule has 1 amide bonds. The third kappa shape index (κ3) is 5.01. The lowest BCUT2D eigenvalue weighted by Crippen LogP contribution is -2.51. The molecule has 1 fully saturated rings. The standard InChI is InChI=1S/C19H22FN3O3S.ClH/c1-13-6-7-17(11-18(13)20)27(25,26)22-16-5-3-4-15(10-16)19(24)23-9-8-21-14(2)12-23;/h3-7,10-11,14,21-22H,8-9,12H2,1-2H3;1H. The van der Waals surface area contributed by atoms with E-state index in [4.69, 9.17) is 0 Å². The summed E-state index contributed by atoms with van der Waals surface area (Å²) in [7, 11) is -3.95. The van der Waals surface area contributed by atoms with Gasteiger partial charge >= 0.3 is 0 Å². The Balaban J connectivity index is 0.00000280. The molecule has 0 saturated carbocycles. The minimum absolute atomic E-state index is 0. The zero-order valence-electron chi connectivity index (χ0n) is 15.6. The summed E-state index contributed by atoms with van der Waals surface area (Å²) in [5.41, 5.74) is 1.02. The number of carbonyl (C=O) groups excluding carboxylic acids is 1. The van der Waals surface area contributed by atoms with Gasteiger partial charge in [-0.3, -0.25) is 9.52 Å². The van der Waals surface area contributed by atoms with Gasteiger partial charge in [0.25, 0.3) is 15.9 Å². The van der Waals surface area contributed by atoms with Gasteiger partial charge in [0.2, 0.25) is 0 Å². The van der Waals surface area contributed by atoms with E-state index in [9.17, 15) is 17.6 Å². The number of halogens is 2. The van der Waals surface area contributed by atoms with Crippen molar-refractivity contribution >= 4 is 34.0 Å². The number of benzene rings is 2. The smallest absolute Gasteiger partial charge is 0.261 e. The zero-order chi connectivity index (χ0) is 19.6. The first-order valence-electron chi connectivity index (χ1n) is 8.68. The van der Waals surface area contributed by atoms with Crippen LogP contribution in [0, 0.1) is 12.7 Å². The van der Waals surface area contributed by atoms with Gasteiger partial charge in [-0.1, -0.05) is 12.1 Å². The van der Waals surface area contributed by atoms with E-state index in [0.717, 1.165) is 12.6 Å². The number of anilines is 1. The second kappa shape index (κ2) is 8.89. The fourth-order valence-corrected chi connectivity index (χ4v) is 4.03. The molecule has 152 valence electrons. The van der Waals surface area contributed by atoms with Crippen LogP contribution in [0.4, 0.5) is 10.1 Å². The highest BCUT2D eigenvalue weighted by Crippen LogP contribution is 2.20. The van der Waals surface area contributed by atoms with E-state index in [1.807, 2.05) is 6.92 Å². The summed E-state index contributed by atoms with van der Waals surface area (Å²) >= 11 is 0. The third-order valence-corrected chi connectivity index (χ3v) is 5.85. The highest BCUT2D eigenvalue weighted by Gasteiger charge is 2.22. The Kier molecular flexibility index (Phi) is 7.03. The topological polar surface area (TPSA) is 78.5 Å². The van der Waals surface area contributed by atoms with Crippen molar-refractivity contribution in [1.82, 2.24) is 10.2 Å². The molecule has 1 aliphatic heterocycles. The lowest BCUT2D eigenvalue weighted by molar-refractivity contribution is 0.0709. The molecule has 0 aromatic heterocycles. The number of piperazine rings is 1.